The molecule has 3 aliphatic rings. The van der Waals surface area contributed by atoms with Gasteiger partial charge in [-0.1, -0.05) is 6.92 Å². The second kappa shape index (κ2) is 3.46. The zero-order valence-electron chi connectivity index (χ0n) is 10.5. The molecule has 0 spiro atoms. The highest BCUT2D eigenvalue weighted by atomic mass is 16.4. The van der Waals surface area contributed by atoms with Crippen LogP contribution in [0.25, 0.3) is 11.3 Å². The SMILES string of the molecule is Cc1cc2oc(=O)c(C)c-2cc2c1CC[C@@H]2C. The van der Waals surface area contributed by atoms with Crippen LogP contribution in [0.15, 0.2) is 21.3 Å². The third kappa shape index (κ3) is 1.43. The lowest BCUT2D eigenvalue weighted by atomic mass is 10.0. The summed E-state index contributed by atoms with van der Waals surface area (Å²) < 4.78 is 5.30. The molecule has 0 N–H and O–H groups in total. The van der Waals surface area contributed by atoms with Crippen LogP contribution in [0.1, 0.15) is 41.5 Å². The van der Waals surface area contributed by atoms with Crippen molar-refractivity contribution in [1.29, 1.82) is 0 Å². The van der Waals surface area contributed by atoms with E-state index < -0.39 is 0 Å². The molecule has 0 unspecified atom stereocenters. The van der Waals surface area contributed by atoms with E-state index in [-0.39, 0.29) is 5.63 Å². The monoisotopic (exact) mass is 228 g/mol. The molecule has 88 valence electrons. The van der Waals surface area contributed by atoms with Crippen LogP contribution in [-0.2, 0) is 6.42 Å². The van der Waals surface area contributed by atoms with E-state index in [9.17, 15) is 4.79 Å². The Bertz CT molecular complexity index is 622. The summed E-state index contributed by atoms with van der Waals surface area (Å²) in [4.78, 5) is 11.6. The average Bonchev–Trinajstić information content (AvgIpc) is 2.71. The molecule has 2 nitrogen and oxygen atoms in total. The average molecular weight is 228 g/mol. The van der Waals surface area contributed by atoms with E-state index in [1.165, 1.54) is 23.1 Å². The molecule has 0 aromatic rings. The first kappa shape index (κ1) is 10.6. The van der Waals surface area contributed by atoms with Crippen LogP contribution >= 0.6 is 0 Å². The Hall–Kier alpha value is -1.57. The first-order valence-electron chi connectivity index (χ1n) is 6.14. The van der Waals surface area contributed by atoms with Crippen LogP contribution in [0.4, 0.5) is 0 Å². The van der Waals surface area contributed by atoms with E-state index in [1.807, 2.05) is 13.0 Å². The zero-order chi connectivity index (χ0) is 12.2. The molecule has 2 aliphatic carbocycles. The van der Waals surface area contributed by atoms with Crippen molar-refractivity contribution >= 4 is 0 Å². The fourth-order valence-corrected chi connectivity index (χ4v) is 2.86. The number of furan rings is 1. The van der Waals surface area contributed by atoms with Gasteiger partial charge in [-0.25, -0.2) is 4.79 Å². The molecule has 1 aliphatic heterocycles. The highest BCUT2D eigenvalue weighted by Crippen LogP contribution is 2.38. The van der Waals surface area contributed by atoms with Gasteiger partial charge in [0.05, 0.1) is 0 Å². The Morgan fingerprint density at radius 1 is 1.29 bits per heavy atom. The van der Waals surface area contributed by atoms with Gasteiger partial charge in [-0.2, -0.15) is 0 Å². The molecule has 0 aromatic heterocycles. The summed E-state index contributed by atoms with van der Waals surface area (Å²) in [5, 5.41) is 0. The highest BCUT2D eigenvalue weighted by Gasteiger charge is 2.23. The standard InChI is InChI=1S/C15H16O2/c1-8-4-5-11-9(2)6-14-13(7-12(8)11)10(3)15(16)17-14/h6-8H,4-5H2,1-3H3/t8-/m0/s1. The van der Waals surface area contributed by atoms with E-state index in [4.69, 9.17) is 4.42 Å². The number of hydrogen-bond acceptors (Lipinski definition) is 2. The minimum Gasteiger partial charge on any atom is -0.422 e. The van der Waals surface area contributed by atoms with Gasteiger partial charge < -0.3 is 4.42 Å². The summed E-state index contributed by atoms with van der Waals surface area (Å²) >= 11 is 0. The lowest BCUT2D eigenvalue weighted by molar-refractivity contribution is 0.542. The highest BCUT2D eigenvalue weighted by molar-refractivity contribution is 5.66. The maximum Gasteiger partial charge on any atom is 0.339 e. The fraction of sp³-hybridized carbons (Fsp3) is 0.400. The Kier molecular flexibility index (Phi) is 2.15. The van der Waals surface area contributed by atoms with Crippen LogP contribution in [0, 0.1) is 13.8 Å². The molecular formula is C15H16O2. The van der Waals surface area contributed by atoms with Gasteiger partial charge in [-0.15, -0.1) is 0 Å². The molecule has 0 radical (unpaired) electrons. The number of hydrogen-bond donors (Lipinski definition) is 0. The number of aryl methyl sites for hydroxylation is 1. The molecule has 0 saturated carbocycles. The minimum atomic E-state index is -0.204. The predicted molar refractivity (Wildman–Crippen MR) is 67.8 cm³/mol. The number of rotatable bonds is 0. The van der Waals surface area contributed by atoms with Crippen LogP contribution in [0.3, 0.4) is 0 Å². The second-order valence-electron chi connectivity index (χ2n) is 5.14. The van der Waals surface area contributed by atoms with E-state index in [0.717, 1.165) is 23.3 Å². The first-order chi connectivity index (χ1) is 8.08. The van der Waals surface area contributed by atoms with Crippen molar-refractivity contribution in [3.8, 4) is 11.3 Å². The largest absolute Gasteiger partial charge is 0.422 e. The molecule has 0 amide bonds. The Balaban J connectivity index is 2.42. The molecule has 0 aromatic carbocycles. The summed E-state index contributed by atoms with van der Waals surface area (Å²) in [6, 6.07) is 4.18. The maximum absolute atomic E-state index is 11.6. The van der Waals surface area contributed by atoms with Gasteiger partial charge in [0, 0.05) is 11.1 Å². The van der Waals surface area contributed by atoms with Gasteiger partial charge in [0.1, 0.15) is 5.76 Å². The molecule has 3 rings (SSSR count). The van der Waals surface area contributed by atoms with Crippen molar-refractivity contribution in [2.75, 3.05) is 0 Å². The molecule has 1 atom stereocenters. The van der Waals surface area contributed by atoms with Gasteiger partial charge in [0.15, 0.2) is 0 Å². The van der Waals surface area contributed by atoms with Crippen molar-refractivity contribution in [3.63, 3.8) is 0 Å². The van der Waals surface area contributed by atoms with Crippen LogP contribution in [-0.4, -0.2) is 0 Å². The molecule has 17 heavy (non-hydrogen) atoms. The van der Waals surface area contributed by atoms with Crippen molar-refractivity contribution in [1.82, 2.24) is 0 Å². The maximum atomic E-state index is 11.6. The predicted octanol–water partition coefficient (Wildman–Crippen LogP) is 3.41. The van der Waals surface area contributed by atoms with Crippen LogP contribution in [0.5, 0.6) is 0 Å². The summed E-state index contributed by atoms with van der Waals surface area (Å²) in [5.74, 6) is 1.32. The lowest BCUT2D eigenvalue weighted by Gasteiger charge is -2.01. The van der Waals surface area contributed by atoms with Crippen LogP contribution in [0.2, 0.25) is 0 Å². The van der Waals surface area contributed by atoms with E-state index in [1.54, 1.807) is 0 Å². The number of fused-ring (bicyclic) bond motifs is 2. The molecule has 1 heterocycles. The smallest absolute Gasteiger partial charge is 0.339 e. The third-order valence-electron chi connectivity index (χ3n) is 4.01. The normalized spacial score (nSPS) is 18.6. The lowest BCUT2D eigenvalue weighted by Crippen LogP contribution is -1.94. The first-order valence-corrected chi connectivity index (χ1v) is 6.14. The fourth-order valence-electron chi connectivity index (χ4n) is 2.86. The van der Waals surface area contributed by atoms with Crippen molar-refractivity contribution in [3.05, 3.63) is 44.8 Å². The summed E-state index contributed by atoms with van der Waals surface area (Å²) in [7, 11) is 0. The van der Waals surface area contributed by atoms with E-state index in [0.29, 0.717) is 5.92 Å². The van der Waals surface area contributed by atoms with Crippen LogP contribution < -0.4 is 5.63 Å². The topological polar surface area (TPSA) is 30.2 Å². The van der Waals surface area contributed by atoms with E-state index in [2.05, 4.69) is 19.9 Å². The van der Waals surface area contributed by atoms with E-state index >= 15 is 0 Å². The molecule has 0 fully saturated rings. The summed E-state index contributed by atoms with van der Waals surface area (Å²) in [6.07, 6.45) is 2.35. The van der Waals surface area contributed by atoms with Gasteiger partial charge in [0.2, 0.25) is 0 Å². The second-order valence-corrected chi connectivity index (χ2v) is 5.14. The summed E-state index contributed by atoms with van der Waals surface area (Å²) in [5.41, 5.74) is 5.58. The van der Waals surface area contributed by atoms with Gasteiger partial charge in [-0.3, -0.25) is 0 Å². The molecular weight excluding hydrogens is 212 g/mol. The third-order valence-corrected chi connectivity index (χ3v) is 4.01. The van der Waals surface area contributed by atoms with Crippen molar-refractivity contribution in [2.24, 2.45) is 0 Å². The Morgan fingerprint density at radius 2 is 2.06 bits per heavy atom. The quantitative estimate of drug-likeness (QED) is 0.691. The Labute approximate surface area is 101 Å². The molecule has 0 bridgehead atoms. The van der Waals surface area contributed by atoms with Gasteiger partial charge in [0.25, 0.3) is 0 Å². The van der Waals surface area contributed by atoms with Gasteiger partial charge >= 0.3 is 5.63 Å². The van der Waals surface area contributed by atoms with Crippen molar-refractivity contribution < 1.29 is 4.42 Å². The minimum absolute atomic E-state index is 0.204. The molecule has 0 saturated heterocycles. The molecule has 2 heteroatoms. The van der Waals surface area contributed by atoms with Gasteiger partial charge in [-0.05, 0) is 61.4 Å². The zero-order valence-corrected chi connectivity index (χ0v) is 10.5. The Morgan fingerprint density at radius 3 is 2.82 bits per heavy atom. The van der Waals surface area contributed by atoms with Crippen molar-refractivity contribution in [2.45, 2.75) is 39.5 Å². The summed E-state index contributed by atoms with van der Waals surface area (Å²) in [6.45, 7) is 6.21.